The maximum atomic E-state index is 13.6. The third-order valence-electron chi connectivity index (χ3n) is 5.20. The van der Waals surface area contributed by atoms with Gasteiger partial charge in [-0.2, -0.15) is 0 Å². The molecule has 31 heavy (non-hydrogen) atoms. The van der Waals surface area contributed by atoms with Crippen LogP contribution in [0, 0.1) is 5.82 Å². The van der Waals surface area contributed by atoms with Crippen LogP contribution < -0.4 is 0 Å². The van der Waals surface area contributed by atoms with E-state index in [4.69, 9.17) is 10.1 Å². The maximum Gasteiger partial charge on any atom is 0.305 e. The van der Waals surface area contributed by atoms with E-state index < -0.39 is 24.6 Å². The lowest BCUT2D eigenvalue weighted by Gasteiger charge is -2.16. The minimum absolute atomic E-state index is 0.0817. The Morgan fingerprint density at radius 3 is 2.48 bits per heavy atom. The number of nitrogens with zero attached hydrogens (tertiary/aromatic N) is 1. The number of aromatic nitrogens is 1. The average Bonchev–Trinajstić information content (AvgIpc) is 3.56. The van der Waals surface area contributed by atoms with Gasteiger partial charge in [-0.25, -0.2) is 4.39 Å². The van der Waals surface area contributed by atoms with E-state index in [2.05, 4.69) is 0 Å². The normalized spacial score (nSPS) is 15.5. The number of aliphatic hydroxyl groups excluding tert-OH is 2. The second-order valence-electron chi connectivity index (χ2n) is 7.63. The van der Waals surface area contributed by atoms with Crippen LogP contribution in [0.2, 0.25) is 0 Å². The molecule has 2 aromatic carbocycles. The summed E-state index contributed by atoms with van der Waals surface area (Å²) in [5, 5.41) is 29.8. The molecule has 2 atom stereocenters. The number of para-hydroxylation sites is 1. The molecule has 0 spiro atoms. The van der Waals surface area contributed by atoms with Crippen LogP contribution in [-0.4, -0.2) is 38.5 Å². The molecule has 5 nitrogen and oxygen atoms in total. The highest BCUT2D eigenvalue weighted by Gasteiger charge is 2.23. The van der Waals surface area contributed by atoms with Crippen LogP contribution in [0.1, 0.15) is 30.0 Å². The fraction of sp³-hybridized carbons (Fsp3) is 0.200. The summed E-state index contributed by atoms with van der Waals surface area (Å²) in [6, 6.07) is 14.0. The van der Waals surface area contributed by atoms with E-state index >= 15 is 0 Å². The summed E-state index contributed by atoms with van der Waals surface area (Å²) in [4.78, 5) is 15.6. The molecule has 3 N–H and O–H groups in total. The van der Waals surface area contributed by atoms with Crippen LogP contribution in [0.3, 0.4) is 0 Å². The van der Waals surface area contributed by atoms with Crippen LogP contribution in [0.5, 0.6) is 0 Å². The van der Waals surface area contributed by atoms with E-state index in [1.807, 2.05) is 36.4 Å². The Labute approximate surface area is 178 Å². The molecule has 0 aliphatic heterocycles. The van der Waals surface area contributed by atoms with Gasteiger partial charge < -0.3 is 15.3 Å². The highest BCUT2D eigenvalue weighted by atomic mass is 19.1. The molecule has 1 heterocycles. The summed E-state index contributed by atoms with van der Waals surface area (Å²) in [6.45, 7) is 0. The van der Waals surface area contributed by atoms with Crippen LogP contribution in [0.25, 0.3) is 28.1 Å². The smallest absolute Gasteiger partial charge is 0.305 e. The minimum atomic E-state index is -1.15. The fourth-order valence-electron chi connectivity index (χ4n) is 3.68. The van der Waals surface area contributed by atoms with Crippen LogP contribution in [0.15, 0.2) is 66.8 Å². The molecule has 0 fully saturated rings. The highest BCUT2D eigenvalue weighted by Crippen LogP contribution is 2.40. The lowest BCUT2D eigenvalue weighted by molar-refractivity contribution is -0.139. The van der Waals surface area contributed by atoms with E-state index in [0.717, 1.165) is 33.3 Å². The molecule has 0 amide bonds. The molecule has 1 aromatic heterocycles. The number of hydrogen-bond acceptors (Lipinski definition) is 4. The molecule has 1 aliphatic carbocycles. The molecule has 3 aromatic rings. The number of carboxylic acids is 1. The summed E-state index contributed by atoms with van der Waals surface area (Å²) in [5.41, 5.74) is 4.14. The topological polar surface area (TPSA) is 90.7 Å². The largest absolute Gasteiger partial charge is 0.481 e. The van der Waals surface area contributed by atoms with Gasteiger partial charge in [0.15, 0.2) is 0 Å². The zero-order valence-corrected chi connectivity index (χ0v) is 16.6. The standard InChI is InChI=1S/C25H22FNO4/c26-17-9-7-15(8-10-17)24-20-3-1-2-4-22(20)27-25(16-5-6-16)21(24)12-11-18(28)13-19(29)14-23(30)31/h1-12,16,18-19,28-29H,13-14H2,(H,30,31)/b12-11+. The predicted molar refractivity (Wildman–Crippen MR) is 117 cm³/mol. The van der Waals surface area contributed by atoms with E-state index in [0.29, 0.717) is 0 Å². The van der Waals surface area contributed by atoms with Crippen LogP contribution in [-0.2, 0) is 4.79 Å². The first-order valence-electron chi connectivity index (χ1n) is 10.1. The zero-order valence-electron chi connectivity index (χ0n) is 16.6. The van der Waals surface area contributed by atoms with Crippen LogP contribution >= 0.6 is 0 Å². The SMILES string of the molecule is O=C(O)CC(O)CC(O)/C=C/c1c(C2C=C2)nc2ccccc2c1-c1ccc(F)cc1. The summed E-state index contributed by atoms with van der Waals surface area (Å²) in [5.74, 6) is -1.37. The zero-order chi connectivity index (χ0) is 22.0. The van der Waals surface area contributed by atoms with Gasteiger partial charge in [-0.1, -0.05) is 54.6 Å². The van der Waals surface area contributed by atoms with E-state index in [1.165, 1.54) is 18.2 Å². The van der Waals surface area contributed by atoms with Gasteiger partial charge in [0, 0.05) is 28.9 Å². The van der Waals surface area contributed by atoms with Gasteiger partial charge in [0.2, 0.25) is 0 Å². The summed E-state index contributed by atoms with van der Waals surface area (Å²) < 4.78 is 13.6. The lowest BCUT2D eigenvalue weighted by atomic mass is 9.92. The minimum Gasteiger partial charge on any atom is -0.481 e. The number of benzene rings is 2. The van der Waals surface area contributed by atoms with E-state index in [1.54, 1.807) is 18.2 Å². The summed E-state index contributed by atoms with van der Waals surface area (Å²) in [6.07, 6.45) is 4.65. The van der Waals surface area contributed by atoms with Crippen molar-refractivity contribution in [2.75, 3.05) is 0 Å². The van der Waals surface area contributed by atoms with Crippen molar-refractivity contribution in [3.8, 4) is 11.1 Å². The van der Waals surface area contributed by atoms with Crippen molar-refractivity contribution in [2.24, 2.45) is 0 Å². The van der Waals surface area contributed by atoms with Gasteiger partial charge in [-0.3, -0.25) is 9.78 Å². The van der Waals surface area contributed by atoms with Crippen LogP contribution in [0.4, 0.5) is 4.39 Å². The number of hydrogen-bond donors (Lipinski definition) is 3. The van der Waals surface area contributed by atoms with Crippen molar-refractivity contribution >= 4 is 22.9 Å². The Balaban J connectivity index is 1.79. The summed E-state index contributed by atoms with van der Waals surface area (Å²) >= 11 is 0. The molecule has 158 valence electrons. The number of pyridine rings is 1. The second kappa shape index (κ2) is 8.79. The monoisotopic (exact) mass is 419 g/mol. The van der Waals surface area contributed by atoms with Gasteiger partial charge in [0.05, 0.1) is 29.8 Å². The first-order chi connectivity index (χ1) is 14.9. The van der Waals surface area contributed by atoms with Crippen molar-refractivity contribution in [1.82, 2.24) is 4.98 Å². The average molecular weight is 419 g/mol. The second-order valence-corrected chi connectivity index (χ2v) is 7.63. The molecule has 1 aliphatic rings. The van der Waals surface area contributed by atoms with Gasteiger partial charge in [0.1, 0.15) is 5.82 Å². The number of allylic oxidation sites excluding steroid dienone is 2. The number of rotatable bonds is 8. The first kappa shape index (κ1) is 20.9. The van der Waals surface area contributed by atoms with Crippen molar-refractivity contribution in [3.63, 3.8) is 0 Å². The molecule has 0 bridgehead atoms. The van der Waals surface area contributed by atoms with E-state index in [-0.39, 0.29) is 18.2 Å². The fourth-order valence-corrected chi connectivity index (χ4v) is 3.68. The van der Waals surface area contributed by atoms with Gasteiger partial charge >= 0.3 is 5.97 Å². The Kier molecular flexibility index (Phi) is 5.93. The molecular formula is C25H22FNO4. The van der Waals surface area contributed by atoms with E-state index in [9.17, 15) is 19.4 Å². The third kappa shape index (κ3) is 4.87. The molecule has 6 heteroatoms. The van der Waals surface area contributed by atoms with Gasteiger partial charge in [-0.05, 0) is 23.8 Å². The Morgan fingerprint density at radius 2 is 1.81 bits per heavy atom. The number of halogens is 1. The van der Waals surface area contributed by atoms with Crippen molar-refractivity contribution in [2.45, 2.75) is 31.0 Å². The highest BCUT2D eigenvalue weighted by molar-refractivity contribution is 5.99. The Bertz CT molecular complexity index is 1160. The van der Waals surface area contributed by atoms with Crippen molar-refractivity contribution < 1.29 is 24.5 Å². The van der Waals surface area contributed by atoms with Crippen molar-refractivity contribution in [1.29, 1.82) is 0 Å². The number of carbonyl (C=O) groups is 1. The molecule has 0 saturated heterocycles. The maximum absolute atomic E-state index is 13.6. The number of fused-ring (bicyclic) bond motifs is 1. The third-order valence-corrected chi connectivity index (χ3v) is 5.20. The summed E-state index contributed by atoms with van der Waals surface area (Å²) in [7, 11) is 0. The van der Waals surface area contributed by atoms with Gasteiger partial charge in [0.25, 0.3) is 0 Å². The number of carboxylic acid groups (broad SMARTS) is 1. The molecule has 0 radical (unpaired) electrons. The predicted octanol–water partition coefficient (Wildman–Crippen LogP) is 4.29. The van der Waals surface area contributed by atoms with Gasteiger partial charge in [-0.15, -0.1) is 0 Å². The van der Waals surface area contributed by atoms with Crippen molar-refractivity contribution in [3.05, 3.63) is 83.8 Å². The molecule has 2 unspecified atom stereocenters. The molecular weight excluding hydrogens is 397 g/mol. The lowest BCUT2D eigenvalue weighted by Crippen LogP contribution is -2.19. The molecule has 4 rings (SSSR count). The molecule has 0 saturated carbocycles. The number of aliphatic hydroxyl groups is 2. The quantitative estimate of drug-likeness (QED) is 0.474. The number of aliphatic carboxylic acids is 1. The Hall–Kier alpha value is -3.35. The Morgan fingerprint density at radius 1 is 1.10 bits per heavy atom. The first-order valence-corrected chi connectivity index (χ1v) is 10.1.